The summed E-state index contributed by atoms with van der Waals surface area (Å²) >= 11 is 0. The maximum Gasteiger partial charge on any atom is 0.325 e. The van der Waals surface area contributed by atoms with Crippen molar-refractivity contribution in [1.82, 2.24) is 4.98 Å². The number of hydrogen-bond donors (Lipinski definition) is 2. The smallest absolute Gasteiger partial charge is 0.325 e. The Kier molecular flexibility index (Phi) is 2.72. The fourth-order valence-electron chi connectivity index (χ4n) is 1.48. The van der Waals surface area contributed by atoms with Crippen LogP contribution in [0.4, 0.5) is 5.69 Å². The minimum Gasteiger partial charge on any atom is -0.480 e. The number of carboxylic acid groups (broad SMARTS) is 1. The second-order valence-corrected chi connectivity index (χ2v) is 3.64. The van der Waals surface area contributed by atoms with Crippen molar-refractivity contribution in [2.24, 2.45) is 0 Å². The van der Waals surface area contributed by atoms with Gasteiger partial charge < -0.3 is 10.4 Å². The highest BCUT2D eigenvalue weighted by Gasteiger charge is 2.09. The summed E-state index contributed by atoms with van der Waals surface area (Å²) in [5.41, 5.74) is 0.800. The second kappa shape index (κ2) is 4.18. The predicted octanol–water partition coefficient (Wildman–Crippen LogP) is 2.12. The summed E-state index contributed by atoms with van der Waals surface area (Å²) in [4.78, 5) is 14.7. The van der Waals surface area contributed by atoms with E-state index < -0.39 is 12.0 Å². The van der Waals surface area contributed by atoms with E-state index in [-0.39, 0.29) is 0 Å². The Morgan fingerprint density at radius 3 is 2.94 bits per heavy atom. The molecule has 1 atom stereocenters. The first kappa shape index (κ1) is 10.4. The predicted molar refractivity (Wildman–Crippen MR) is 62.5 cm³/mol. The Bertz CT molecular complexity index is 525. The third kappa shape index (κ3) is 2.11. The standard InChI is InChI=1S/C12H12N2O2/c1-8(12(15)16)14-11-3-2-10-7-13-5-4-9(10)6-11/h2-8,14H,1H3,(H,15,16)/t8-/m0/s1. The van der Waals surface area contributed by atoms with E-state index in [9.17, 15) is 4.79 Å². The maximum atomic E-state index is 10.7. The molecule has 0 amide bonds. The summed E-state index contributed by atoms with van der Waals surface area (Å²) in [5.74, 6) is -0.866. The van der Waals surface area contributed by atoms with Crippen LogP contribution in [-0.2, 0) is 4.79 Å². The van der Waals surface area contributed by atoms with Gasteiger partial charge in [-0.25, -0.2) is 0 Å². The first-order chi connectivity index (χ1) is 7.66. The molecule has 2 rings (SSSR count). The highest BCUT2D eigenvalue weighted by atomic mass is 16.4. The summed E-state index contributed by atoms with van der Waals surface area (Å²) in [7, 11) is 0. The Morgan fingerprint density at radius 2 is 2.19 bits per heavy atom. The average Bonchev–Trinajstić information content (AvgIpc) is 2.28. The number of nitrogens with zero attached hydrogens (tertiary/aromatic N) is 1. The number of hydrogen-bond acceptors (Lipinski definition) is 3. The van der Waals surface area contributed by atoms with Crippen molar-refractivity contribution in [2.45, 2.75) is 13.0 Å². The van der Waals surface area contributed by atoms with Crippen LogP contribution < -0.4 is 5.32 Å². The molecule has 1 heterocycles. The molecule has 4 heteroatoms. The summed E-state index contributed by atoms with van der Waals surface area (Å²) in [6, 6.07) is 6.98. The van der Waals surface area contributed by atoms with Crippen LogP contribution in [0.1, 0.15) is 6.92 Å². The molecule has 0 bridgehead atoms. The van der Waals surface area contributed by atoms with Crippen molar-refractivity contribution in [3.63, 3.8) is 0 Å². The van der Waals surface area contributed by atoms with Crippen molar-refractivity contribution in [3.8, 4) is 0 Å². The van der Waals surface area contributed by atoms with Gasteiger partial charge in [-0.2, -0.15) is 0 Å². The van der Waals surface area contributed by atoms with Crippen molar-refractivity contribution in [3.05, 3.63) is 36.7 Å². The monoisotopic (exact) mass is 216 g/mol. The van der Waals surface area contributed by atoms with Gasteiger partial charge in [0.05, 0.1) is 0 Å². The van der Waals surface area contributed by atoms with Crippen LogP contribution in [0, 0.1) is 0 Å². The number of benzene rings is 1. The van der Waals surface area contributed by atoms with Gasteiger partial charge in [-0.05, 0) is 30.5 Å². The molecule has 0 aliphatic carbocycles. The molecule has 4 nitrogen and oxygen atoms in total. The minimum atomic E-state index is -0.866. The Hall–Kier alpha value is -2.10. The molecule has 1 aromatic heterocycles. The molecular formula is C12H12N2O2. The molecule has 0 saturated carbocycles. The third-order valence-corrected chi connectivity index (χ3v) is 2.39. The first-order valence-corrected chi connectivity index (χ1v) is 5.00. The van der Waals surface area contributed by atoms with E-state index in [1.165, 1.54) is 0 Å². The normalized spacial score (nSPS) is 12.3. The van der Waals surface area contributed by atoms with Crippen LogP contribution >= 0.6 is 0 Å². The minimum absolute atomic E-state index is 0.598. The Morgan fingerprint density at radius 1 is 1.38 bits per heavy atom. The van der Waals surface area contributed by atoms with E-state index in [0.717, 1.165) is 16.5 Å². The van der Waals surface area contributed by atoms with Crippen LogP contribution in [0.3, 0.4) is 0 Å². The van der Waals surface area contributed by atoms with E-state index in [4.69, 9.17) is 5.11 Å². The lowest BCUT2D eigenvalue weighted by molar-refractivity contribution is -0.137. The van der Waals surface area contributed by atoms with E-state index >= 15 is 0 Å². The zero-order valence-electron chi connectivity index (χ0n) is 8.84. The quantitative estimate of drug-likeness (QED) is 0.824. The highest BCUT2D eigenvalue weighted by Crippen LogP contribution is 2.18. The molecule has 0 spiro atoms. The largest absolute Gasteiger partial charge is 0.480 e. The highest BCUT2D eigenvalue weighted by molar-refractivity contribution is 5.86. The number of pyridine rings is 1. The number of fused-ring (bicyclic) bond motifs is 1. The van der Waals surface area contributed by atoms with E-state index in [2.05, 4.69) is 10.3 Å². The maximum absolute atomic E-state index is 10.7. The SMILES string of the molecule is C[C@H](Nc1ccc2cnccc2c1)C(=O)O. The molecule has 0 aliphatic heterocycles. The van der Waals surface area contributed by atoms with Gasteiger partial charge in [0.25, 0.3) is 0 Å². The van der Waals surface area contributed by atoms with Gasteiger partial charge in [-0.3, -0.25) is 9.78 Å². The summed E-state index contributed by atoms with van der Waals surface area (Å²) in [6.07, 6.45) is 3.49. The zero-order valence-corrected chi connectivity index (χ0v) is 8.84. The van der Waals surface area contributed by atoms with Gasteiger partial charge in [-0.15, -0.1) is 0 Å². The van der Waals surface area contributed by atoms with Crippen molar-refractivity contribution in [1.29, 1.82) is 0 Å². The lowest BCUT2D eigenvalue weighted by atomic mass is 10.1. The molecule has 0 fully saturated rings. The lowest BCUT2D eigenvalue weighted by Crippen LogP contribution is -2.25. The molecular weight excluding hydrogens is 204 g/mol. The van der Waals surface area contributed by atoms with Crippen molar-refractivity contribution in [2.75, 3.05) is 5.32 Å². The lowest BCUT2D eigenvalue weighted by Gasteiger charge is -2.11. The van der Waals surface area contributed by atoms with Gasteiger partial charge in [0.1, 0.15) is 6.04 Å². The Balaban J connectivity index is 2.29. The van der Waals surface area contributed by atoms with E-state index in [1.54, 1.807) is 19.3 Å². The number of carboxylic acids is 1. The number of aliphatic carboxylic acids is 1. The van der Waals surface area contributed by atoms with E-state index in [0.29, 0.717) is 0 Å². The second-order valence-electron chi connectivity index (χ2n) is 3.64. The molecule has 1 aromatic carbocycles. The molecule has 2 N–H and O–H groups in total. The van der Waals surface area contributed by atoms with Gasteiger partial charge >= 0.3 is 5.97 Å². The van der Waals surface area contributed by atoms with Crippen molar-refractivity contribution < 1.29 is 9.90 Å². The topological polar surface area (TPSA) is 62.2 Å². The molecule has 0 radical (unpaired) electrons. The number of carbonyl (C=O) groups is 1. The third-order valence-electron chi connectivity index (χ3n) is 2.39. The number of aromatic nitrogens is 1. The number of nitrogens with one attached hydrogen (secondary N) is 1. The van der Waals surface area contributed by atoms with Crippen LogP contribution in [0.15, 0.2) is 36.7 Å². The fourth-order valence-corrected chi connectivity index (χ4v) is 1.48. The molecule has 2 aromatic rings. The van der Waals surface area contributed by atoms with E-state index in [1.807, 2.05) is 24.3 Å². The molecule has 16 heavy (non-hydrogen) atoms. The van der Waals surface area contributed by atoms with Gasteiger partial charge in [0, 0.05) is 23.5 Å². The fraction of sp³-hybridized carbons (Fsp3) is 0.167. The number of anilines is 1. The first-order valence-electron chi connectivity index (χ1n) is 5.00. The average molecular weight is 216 g/mol. The van der Waals surface area contributed by atoms with Crippen molar-refractivity contribution >= 4 is 22.4 Å². The molecule has 82 valence electrons. The van der Waals surface area contributed by atoms with Gasteiger partial charge in [-0.1, -0.05) is 6.07 Å². The van der Waals surface area contributed by atoms with Crippen LogP contribution in [-0.4, -0.2) is 22.1 Å². The molecule has 0 saturated heterocycles. The van der Waals surface area contributed by atoms with Gasteiger partial charge in [0.15, 0.2) is 0 Å². The summed E-state index contributed by atoms with van der Waals surface area (Å²) in [5, 5.41) is 13.8. The van der Waals surface area contributed by atoms with Crippen LogP contribution in [0.5, 0.6) is 0 Å². The van der Waals surface area contributed by atoms with Gasteiger partial charge in [0.2, 0.25) is 0 Å². The number of rotatable bonds is 3. The molecule has 0 aliphatic rings. The zero-order chi connectivity index (χ0) is 11.5. The summed E-state index contributed by atoms with van der Waals surface area (Å²) in [6.45, 7) is 1.61. The Labute approximate surface area is 92.9 Å². The van der Waals surface area contributed by atoms with Crippen LogP contribution in [0.25, 0.3) is 10.8 Å². The molecule has 0 unspecified atom stereocenters. The van der Waals surface area contributed by atoms with Crippen LogP contribution in [0.2, 0.25) is 0 Å². The summed E-state index contributed by atoms with van der Waals surface area (Å²) < 4.78 is 0.